The Morgan fingerprint density at radius 2 is 0.892 bits per heavy atom. The lowest BCUT2D eigenvalue weighted by molar-refractivity contribution is 0.483. The maximum atomic E-state index is 6.08. The van der Waals surface area contributed by atoms with Crippen molar-refractivity contribution >= 4 is 0 Å². The highest BCUT2D eigenvalue weighted by Crippen LogP contribution is 2.30. The third-order valence-electron chi connectivity index (χ3n) is 6.03. The molecule has 0 saturated carbocycles. The fourth-order valence-electron chi connectivity index (χ4n) is 4.13. The van der Waals surface area contributed by atoms with Gasteiger partial charge < -0.3 is 4.74 Å². The zero-order valence-corrected chi connectivity index (χ0v) is 20.0. The molecule has 37 heavy (non-hydrogen) atoms. The largest absolute Gasteiger partial charge is 0.457 e. The Hall–Kier alpha value is -5.09. The van der Waals surface area contributed by atoms with E-state index in [9.17, 15) is 0 Å². The monoisotopic (exact) mass is 477 g/mol. The van der Waals surface area contributed by atoms with Crippen molar-refractivity contribution < 1.29 is 4.74 Å². The zero-order chi connectivity index (χ0) is 24.9. The summed E-state index contributed by atoms with van der Waals surface area (Å²) in [5.74, 6) is 2.18. The van der Waals surface area contributed by atoms with Crippen LogP contribution in [0.15, 0.2) is 140 Å². The molecule has 2 heterocycles. The minimum atomic E-state index is 0.673. The third-order valence-corrected chi connectivity index (χ3v) is 6.03. The number of benzene rings is 4. The molecule has 0 saturated heterocycles. The van der Waals surface area contributed by atoms with Gasteiger partial charge in [0.1, 0.15) is 11.5 Å². The molecule has 6 aromatic rings. The average molecular weight is 478 g/mol. The van der Waals surface area contributed by atoms with E-state index < -0.39 is 0 Å². The number of hydrogen-bond donors (Lipinski definition) is 0. The van der Waals surface area contributed by atoms with Crippen LogP contribution in [0, 0.1) is 0 Å². The lowest BCUT2D eigenvalue weighted by Gasteiger charge is -2.10. The van der Waals surface area contributed by atoms with E-state index >= 15 is 0 Å². The molecule has 0 spiro atoms. The van der Waals surface area contributed by atoms with Crippen molar-refractivity contribution in [3.63, 3.8) is 0 Å². The van der Waals surface area contributed by atoms with Crippen LogP contribution in [-0.4, -0.2) is 15.0 Å². The van der Waals surface area contributed by atoms with Crippen molar-refractivity contribution in [2.75, 3.05) is 0 Å². The normalized spacial score (nSPS) is 10.7. The summed E-state index contributed by atoms with van der Waals surface area (Å²) in [6.45, 7) is 0. The summed E-state index contributed by atoms with van der Waals surface area (Å²) in [6.07, 6.45) is 1.80. The summed E-state index contributed by atoms with van der Waals surface area (Å²) in [6, 6.07) is 44.1. The molecule has 0 bridgehead atoms. The smallest absolute Gasteiger partial charge is 0.160 e. The van der Waals surface area contributed by atoms with Gasteiger partial charge in [0.05, 0.1) is 17.1 Å². The van der Waals surface area contributed by atoms with Crippen LogP contribution in [0.25, 0.3) is 45.2 Å². The molecule has 176 valence electrons. The quantitative estimate of drug-likeness (QED) is 0.242. The highest BCUT2D eigenvalue weighted by molar-refractivity contribution is 5.71. The molecule has 4 nitrogen and oxygen atoms in total. The van der Waals surface area contributed by atoms with Crippen molar-refractivity contribution in [2.24, 2.45) is 0 Å². The molecule has 0 atom stereocenters. The average Bonchev–Trinajstić information content (AvgIpc) is 2.99. The lowest BCUT2D eigenvalue weighted by atomic mass is 10.1. The van der Waals surface area contributed by atoms with Crippen molar-refractivity contribution in [1.82, 2.24) is 15.0 Å². The standard InChI is InChI=1S/C33H23N3O/c1-3-9-24(10-4-1)31-23-32(25-11-5-2-6-12-25)36-33(35-31)27-16-20-29(21-17-27)37-28-18-14-26(15-19-28)30-13-7-8-22-34-30/h1-23H. The van der Waals surface area contributed by atoms with Gasteiger partial charge in [0.25, 0.3) is 0 Å². The molecule has 6 rings (SSSR count). The fraction of sp³-hybridized carbons (Fsp3) is 0. The molecule has 0 amide bonds. The Kier molecular flexibility index (Phi) is 6.21. The van der Waals surface area contributed by atoms with Gasteiger partial charge in [-0.25, -0.2) is 9.97 Å². The molecule has 0 N–H and O–H groups in total. The van der Waals surface area contributed by atoms with Gasteiger partial charge in [-0.2, -0.15) is 0 Å². The van der Waals surface area contributed by atoms with E-state index in [2.05, 4.69) is 29.2 Å². The molecular formula is C33H23N3O. The van der Waals surface area contributed by atoms with Gasteiger partial charge in [-0.05, 0) is 66.7 Å². The molecular weight excluding hydrogens is 454 g/mol. The second-order valence-corrected chi connectivity index (χ2v) is 8.56. The summed E-state index contributed by atoms with van der Waals surface area (Å²) in [4.78, 5) is 14.2. The van der Waals surface area contributed by atoms with Gasteiger partial charge in [0.2, 0.25) is 0 Å². The van der Waals surface area contributed by atoms with Gasteiger partial charge in [-0.3, -0.25) is 4.98 Å². The van der Waals surface area contributed by atoms with Gasteiger partial charge in [0, 0.05) is 28.5 Å². The van der Waals surface area contributed by atoms with Crippen molar-refractivity contribution in [3.8, 4) is 56.7 Å². The molecule has 0 aliphatic carbocycles. The molecule has 0 unspecified atom stereocenters. The van der Waals surface area contributed by atoms with E-state index in [0.717, 1.165) is 50.8 Å². The van der Waals surface area contributed by atoms with Crippen LogP contribution in [0.5, 0.6) is 11.5 Å². The van der Waals surface area contributed by atoms with Crippen LogP contribution in [0.3, 0.4) is 0 Å². The Morgan fingerprint density at radius 3 is 1.41 bits per heavy atom. The lowest BCUT2D eigenvalue weighted by Crippen LogP contribution is -1.96. The Labute approximate surface area is 215 Å². The molecule has 0 aliphatic rings. The van der Waals surface area contributed by atoms with Crippen LogP contribution in [0.4, 0.5) is 0 Å². The second-order valence-electron chi connectivity index (χ2n) is 8.56. The number of pyridine rings is 1. The van der Waals surface area contributed by atoms with E-state index in [1.54, 1.807) is 6.20 Å². The second kappa shape index (κ2) is 10.3. The van der Waals surface area contributed by atoms with Crippen molar-refractivity contribution in [2.45, 2.75) is 0 Å². The number of rotatable bonds is 6. The Balaban J connectivity index is 1.28. The predicted octanol–water partition coefficient (Wildman–Crippen LogP) is 8.33. The number of ether oxygens (including phenoxy) is 1. The van der Waals surface area contributed by atoms with E-state index in [-0.39, 0.29) is 0 Å². The van der Waals surface area contributed by atoms with Gasteiger partial charge in [0.15, 0.2) is 5.82 Å². The summed E-state index contributed by atoms with van der Waals surface area (Å²) in [5, 5.41) is 0. The first kappa shape index (κ1) is 22.4. The Morgan fingerprint density at radius 1 is 0.405 bits per heavy atom. The molecule has 0 fully saturated rings. The number of nitrogens with zero attached hydrogens (tertiary/aromatic N) is 3. The van der Waals surface area contributed by atoms with Crippen LogP contribution in [0.2, 0.25) is 0 Å². The molecule has 2 aromatic heterocycles. The Bertz CT molecular complexity index is 1540. The minimum absolute atomic E-state index is 0.673. The van der Waals surface area contributed by atoms with Crippen LogP contribution in [-0.2, 0) is 0 Å². The van der Waals surface area contributed by atoms with E-state index in [1.165, 1.54) is 0 Å². The number of aromatic nitrogens is 3. The summed E-state index contributed by atoms with van der Waals surface area (Å²) in [7, 11) is 0. The van der Waals surface area contributed by atoms with Gasteiger partial charge >= 0.3 is 0 Å². The maximum Gasteiger partial charge on any atom is 0.160 e. The summed E-state index contributed by atoms with van der Waals surface area (Å²) >= 11 is 0. The fourth-order valence-corrected chi connectivity index (χ4v) is 4.13. The first-order valence-corrected chi connectivity index (χ1v) is 12.1. The van der Waals surface area contributed by atoms with Crippen LogP contribution in [0.1, 0.15) is 0 Å². The summed E-state index contributed by atoms with van der Waals surface area (Å²) in [5.41, 5.74) is 6.79. The first-order valence-electron chi connectivity index (χ1n) is 12.1. The van der Waals surface area contributed by atoms with E-state index in [0.29, 0.717) is 5.82 Å². The SMILES string of the molecule is c1ccc(-c2cc(-c3ccccc3)nc(-c3ccc(Oc4ccc(-c5ccccn5)cc4)cc3)n2)cc1. The highest BCUT2D eigenvalue weighted by Gasteiger charge is 2.11. The number of hydrogen-bond acceptors (Lipinski definition) is 4. The minimum Gasteiger partial charge on any atom is -0.457 e. The molecule has 0 aliphatic heterocycles. The predicted molar refractivity (Wildman–Crippen MR) is 148 cm³/mol. The topological polar surface area (TPSA) is 47.9 Å². The van der Waals surface area contributed by atoms with Crippen LogP contribution >= 0.6 is 0 Å². The summed E-state index contributed by atoms with van der Waals surface area (Å²) < 4.78 is 6.08. The van der Waals surface area contributed by atoms with Gasteiger partial charge in [-0.1, -0.05) is 66.7 Å². The van der Waals surface area contributed by atoms with Crippen molar-refractivity contribution in [1.29, 1.82) is 0 Å². The first-order chi connectivity index (χ1) is 18.3. The highest BCUT2D eigenvalue weighted by atomic mass is 16.5. The molecule has 4 heteroatoms. The molecule has 4 aromatic carbocycles. The third kappa shape index (κ3) is 5.14. The van der Waals surface area contributed by atoms with E-state index in [4.69, 9.17) is 14.7 Å². The van der Waals surface area contributed by atoms with Gasteiger partial charge in [-0.15, -0.1) is 0 Å². The maximum absolute atomic E-state index is 6.08. The van der Waals surface area contributed by atoms with E-state index in [1.807, 2.05) is 109 Å². The zero-order valence-electron chi connectivity index (χ0n) is 20.0. The van der Waals surface area contributed by atoms with Crippen molar-refractivity contribution in [3.05, 3.63) is 140 Å². The molecule has 0 radical (unpaired) electrons. The van der Waals surface area contributed by atoms with Crippen LogP contribution < -0.4 is 4.74 Å².